The molecule has 2 atom stereocenters. The molecular formula is C33H53N5O5SSi. The molecule has 1 unspecified atom stereocenters. The molecule has 0 saturated carbocycles. The molecule has 0 spiro atoms. The molecule has 250 valence electrons. The number of methoxy groups -OCH3 is 1. The van der Waals surface area contributed by atoms with Gasteiger partial charge < -0.3 is 23.5 Å². The average Bonchev–Trinajstić information content (AvgIpc) is 3.64. The maximum Gasteiger partial charge on any atom is 0.225 e. The minimum Gasteiger partial charge on any atom is -0.598 e. The van der Waals surface area contributed by atoms with Crippen molar-refractivity contribution < 1.29 is 23.5 Å². The van der Waals surface area contributed by atoms with Crippen molar-refractivity contribution in [1.29, 1.82) is 0 Å². The zero-order valence-electron chi connectivity index (χ0n) is 28.5. The third-order valence-electron chi connectivity index (χ3n) is 8.05. The van der Waals surface area contributed by atoms with Crippen LogP contribution in [0.25, 0.3) is 22.3 Å². The molecule has 1 aliphatic heterocycles. The predicted molar refractivity (Wildman–Crippen MR) is 183 cm³/mol. The highest BCUT2D eigenvalue weighted by atomic mass is 32.2. The van der Waals surface area contributed by atoms with E-state index in [1.165, 1.54) is 0 Å². The number of nitrogens with one attached hydrogen (secondary N) is 1. The lowest BCUT2D eigenvalue weighted by Gasteiger charge is -2.28. The van der Waals surface area contributed by atoms with Crippen LogP contribution in [0.5, 0.6) is 5.88 Å². The first-order valence-electron chi connectivity index (χ1n) is 16.3. The number of benzene rings is 1. The molecule has 1 aromatic carbocycles. The Labute approximate surface area is 273 Å². The van der Waals surface area contributed by atoms with Crippen molar-refractivity contribution in [2.24, 2.45) is 0 Å². The molecule has 1 saturated heterocycles. The van der Waals surface area contributed by atoms with Crippen molar-refractivity contribution in [1.82, 2.24) is 24.5 Å². The van der Waals surface area contributed by atoms with Gasteiger partial charge in [-0.2, -0.15) is 0 Å². The van der Waals surface area contributed by atoms with Gasteiger partial charge in [-0.3, -0.25) is 0 Å². The summed E-state index contributed by atoms with van der Waals surface area (Å²) in [5.74, 6) is 1.21. The van der Waals surface area contributed by atoms with Crippen molar-refractivity contribution in [2.75, 3.05) is 26.9 Å². The highest BCUT2D eigenvalue weighted by molar-refractivity contribution is 7.90. The first kappa shape index (κ1) is 35.8. The fourth-order valence-corrected chi connectivity index (χ4v) is 6.84. The first-order chi connectivity index (χ1) is 21.3. The van der Waals surface area contributed by atoms with E-state index >= 15 is 0 Å². The molecule has 10 nitrogen and oxygen atoms in total. The van der Waals surface area contributed by atoms with Crippen LogP contribution in [0.1, 0.15) is 78.1 Å². The lowest BCUT2D eigenvalue weighted by molar-refractivity contribution is -0.164. The second-order valence-electron chi connectivity index (χ2n) is 14.0. The van der Waals surface area contributed by atoms with Crippen molar-refractivity contribution in [3.63, 3.8) is 0 Å². The van der Waals surface area contributed by atoms with E-state index in [1.54, 1.807) is 7.11 Å². The van der Waals surface area contributed by atoms with Gasteiger partial charge in [0.05, 0.1) is 31.4 Å². The fourth-order valence-electron chi connectivity index (χ4n) is 5.25. The molecule has 2 aromatic heterocycles. The molecule has 12 heteroatoms. The summed E-state index contributed by atoms with van der Waals surface area (Å²) in [6, 6.07) is 10.7. The van der Waals surface area contributed by atoms with Gasteiger partial charge in [-0.1, -0.05) is 57.6 Å². The Morgan fingerprint density at radius 3 is 2.51 bits per heavy atom. The SMILES string of the molecule is CCC1(CCCCC[C@H](N[S+]([O-])C(C)(C)C)c2nc(-c3cc4ccccc4nc3OC)nn2COCC[Si](C)(C)C)OCCO1. The minimum atomic E-state index is -1.32. The number of aromatic nitrogens is 4. The van der Waals surface area contributed by atoms with Crippen molar-refractivity contribution in [2.45, 2.75) is 115 Å². The summed E-state index contributed by atoms with van der Waals surface area (Å²) in [6.45, 7) is 17.3. The fraction of sp³-hybridized carbons (Fsp3) is 0.667. The van der Waals surface area contributed by atoms with Gasteiger partial charge in [0, 0.05) is 37.8 Å². The highest BCUT2D eigenvalue weighted by Gasteiger charge is 2.35. The quantitative estimate of drug-likeness (QED) is 0.0928. The third kappa shape index (κ3) is 9.96. The number of nitrogens with zero attached hydrogens (tertiary/aromatic N) is 4. The zero-order chi connectivity index (χ0) is 32.7. The molecule has 45 heavy (non-hydrogen) atoms. The molecule has 0 amide bonds. The van der Waals surface area contributed by atoms with E-state index in [2.05, 4.69) is 31.3 Å². The van der Waals surface area contributed by atoms with Crippen LogP contribution < -0.4 is 9.46 Å². The molecule has 3 heterocycles. The van der Waals surface area contributed by atoms with Crippen molar-refractivity contribution in [3.8, 4) is 17.3 Å². The van der Waals surface area contributed by atoms with E-state index in [1.807, 2.05) is 55.8 Å². The number of hydrogen-bond donors (Lipinski definition) is 1. The largest absolute Gasteiger partial charge is 0.598 e. The van der Waals surface area contributed by atoms with Gasteiger partial charge in [-0.15, -0.1) is 9.82 Å². The van der Waals surface area contributed by atoms with Crippen LogP contribution in [0.15, 0.2) is 30.3 Å². The Bertz CT molecular complexity index is 1370. The van der Waals surface area contributed by atoms with E-state index in [9.17, 15) is 4.55 Å². The molecule has 0 bridgehead atoms. The van der Waals surface area contributed by atoms with Crippen molar-refractivity contribution in [3.05, 3.63) is 36.2 Å². The van der Waals surface area contributed by atoms with Gasteiger partial charge in [-0.05, 0) is 58.2 Å². The van der Waals surface area contributed by atoms with Crippen LogP contribution in [0.2, 0.25) is 25.7 Å². The van der Waals surface area contributed by atoms with Gasteiger partial charge in [0.2, 0.25) is 5.88 Å². The van der Waals surface area contributed by atoms with E-state index in [0.29, 0.717) is 42.9 Å². The standard InChI is InChI=1S/C33H53N5O5SSi/c1-9-33(42-19-20-43-33)18-14-10-11-17-28(37-44(39)32(2,3)4)30-35-29(36-38(30)24-41-21-22-45(6,7)8)26-23-25-15-12-13-16-27(25)34-31(26)40-5/h12-13,15-16,23,28,37H,9-11,14,17-22,24H2,1-8H3/t28-,44?/m0/s1. The zero-order valence-corrected chi connectivity index (χ0v) is 30.3. The average molecular weight is 660 g/mol. The smallest absolute Gasteiger partial charge is 0.225 e. The number of rotatable bonds is 17. The summed E-state index contributed by atoms with van der Waals surface area (Å²) < 4.78 is 42.0. The Hall–Kier alpha value is -2.06. The van der Waals surface area contributed by atoms with Gasteiger partial charge in [0.1, 0.15) is 17.5 Å². The second kappa shape index (κ2) is 15.7. The number of ether oxygens (including phenoxy) is 4. The Morgan fingerprint density at radius 1 is 1.11 bits per heavy atom. The Balaban J connectivity index is 1.62. The van der Waals surface area contributed by atoms with E-state index in [-0.39, 0.29) is 12.8 Å². The maximum absolute atomic E-state index is 13.5. The summed E-state index contributed by atoms with van der Waals surface area (Å²) in [6.07, 6.45) is 5.35. The van der Waals surface area contributed by atoms with Gasteiger partial charge >= 0.3 is 0 Å². The normalized spacial score (nSPS) is 16.7. The van der Waals surface area contributed by atoms with Gasteiger partial charge in [0.15, 0.2) is 17.4 Å². The van der Waals surface area contributed by atoms with E-state index < -0.39 is 30.0 Å². The summed E-state index contributed by atoms with van der Waals surface area (Å²) in [7, 11) is 0.341. The molecule has 0 aliphatic carbocycles. The summed E-state index contributed by atoms with van der Waals surface area (Å²) in [4.78, 5) is 9.80. The summed E-state index contributed by atoms with van der Waals surface area (Å²) >= 11 is -1.32. The van der Waals surface area contributed by atoms with Gasteiger partial charge in [-0.25, -0.2) is 14.6 Å². The number of para-hydroxylation sites is 1. The summed E-state index contributed by atoms with van der Waals surface area (Å²) in [5.41, 5.74) is 1.54. The van der Waals surface area contributed by atoms with E-state index in [4.69, 9.17) is 34.0 Å². The molecule has 1 aliphatic rings. The van der Waals surface area contributed by atoms with Crippen LogP contribution in [-0.2, 0) is 32.3 Å². The minimum absolute atomic E-state index is 0.254. The number of unbranched alkanes of at least 4 members (excludes halogenated alkanes) is 2. The Morgan fingerprint density at radius 2 is 1.84 bits per heavy atom. The highest BCUT2D eigenvalue weighted by Crippen LogP contribution is 2.33. The van der Waals surface area contributed by atoms with Crippen LogP contribution >= 0.6 is 0 Å². The molecule has 1 fully saturated rings. The molecule has 0 radical (unpaired) electrons. The second-order valence-corrected chi connectivity index (χ2v) is 21.6. The molecule has 4 rings (SSSR count). The predicted octanol–water partition coefficient (Wildman–Crippen LogP) is 7.01. The third-order valence-corrected chi connectivity index (χ3v) is 11.4. The number of pyridine rings is 1. The monoisotopic (exact) mass is 659 g/mol. The van der Waals surface area contributed by atoms with Crippen LogP contribution in [-0.4, -0.2) is 69.8 Å². The number of hydrogen-bond acceptors (Lipinski definition) is 9. The Kier molecular flexibility index (Phi) is 12.5. The van der Waals surface area contributed by atoms with Gasteiger partial charge in [0.25, 0.3) is 0 Å². The topological polar surface area (TPSA) is 116 Å². The lowest BCUT2D eigenvalue weighted by Crippen LogP contribution is -2.42. The van der Waals surface area contributed by atoms with Crippen LogP contribution in [0.4, 0.5) is 0 Å². The van der Waals surface area contributed by atoms with E-state index in [0.717, 1.165) is 55.5 Å². The maximum atomic E-state index is 13.5. The molecule has 1 N–H and O–H groups in total. The number of fused-ring (bicyclic) bond motifs is 1. The molecular weight excluding hydrogens is 607 g/mol. The van der Waals surface area contributed by atoms with Crippen LogP contribution in [0, 0.1) is 0 Å². The summed E-state index contributed by atoms with van der Waals surface area (Å²) in [5, 5.41) is 5.91. The first-order valence-corrected chi connectivity index (χ1v) is 21.1. The molecule has 3 aromatic rings. The van der Waals surface area contributed by atoms with Crippen LogP contribution in [0.3, 0.4) is 0 Å². The lowest BCUT2D eigenvalue weighted by atomic mass is 10.0. The van der Waals surface area contributed by atoms with Crippen molar-refractivity contribution >= 4 is 30.3 Å².